The first-order valence-corrected chi connectivity index (χ1v) is 6.55. The highest BCUT2D eigenvalue weighted by molar-refractivity contribution is 6.30. The molecule has 1 atom stereocenters. The molecule has 18 heavy (non-hydrogen) atoms. The third-order valence-corrected chi connectivity index (χ3v) is 3.23. The second-order valence-electron chi connectivity index (χ2n) is 4.44. The van der Waals surface area contributed by atoms with Gasteiger partial charge in [0.2, 0.25) is 0 Å². The zero-order valence-corrected chi connectivity index (χ0v) is 11.7. The van der Waals surface area contributed by atoms with Gasteiger partial charge in [-0.25, -0.2) is 0 Å². The van der Waals surface area contributed by atoms with E-state index < -0.39 is 0 Å². The first-order chi connectivity index (χ1) is 8.61. The van der Waals surface area contributed by atoms with Crippen LogP contribution in [0.1, 0.15) is 35.6 Å². The van der Waals surface area contributed by atoms with Crippen LogP contribution in [-0.2, 0) is 0 Å². The summed E-state index contributed by atoms with van der Waals surface area (Å²) in [5.74, 6) is 1.87. The molecule has 1 heterocycles. The lowest BCUT2D eigenvalue weighted by Crippen LogP contribution is -2.22. The van der Waals surface area contributed by atoms with Crippen LogP contribution in [0.25, 0.3) is 0 Å². The molecule has 0 amide bonds. The van der Waals surface area contributed by atoms with Crippen LogP contribution >= 0.6 is 11.6 Å². The van der Waals surface area contributed by atoms with E-state index in [2.05, 4.69) is 25.2 Å². The molecule has 1 unspecified atom stereocenters. The molecule has 0 fully saturated rings. The summed E-state index contributed by atoms with van der Waals surface area (Å²) in [6.07, 6.45) is 0. The molecule has 0 saturated carbocycles. The summed E-state index contributed by atoms with van der Waals surface area (Å²) in [6.45, 7) is 7.00. The van der Waals surface area contributed by atoms with Crippen molar-refractivity contribution in [2.24, 2.45) is 0 Å². The van der Waals surface area contributed by atoms with E-state index in [1.807, 2.05) is 31.2 Å². The van der Waals surface area contributed by atoms with E-state index in [0.29, 0.717) is 0 Å². The molecule has 2 rings (SSSR count). The van der Waals surface area contributed by atoms with Gasteiger partial charge in [-0.3, -0.25) is 0 Å². The molecule has 2 aromatic rings. The van der Waals surface area contributed by atoms with Crippen LogP contribution in [0, 0.1) is 13.8 Å². The van der Waals surface area contributed by atoms with Crippen LogP contribution in [0.2, 0.25) is 5.02 Å². The van der Waals surface area contributed by atoms with Crippen molar-refractivity contribution >= 4 is 11.6 Å². The fourth-order valence-electron chi connectivity index (χ4n) is 2.14. The van der Waals surface area contributed by atoms with Gasteiger partial charge in [-0.2, -0.15) is 0 Å². The van der Waals surface area contributed by atoms with Crippen LogP contribution in [0.5, 0.6) is 0 Å². The van der Waals surface area contributed by atoms with Crippen molar-refractivity contribution in [3.8, 4) is 0 Å². The zero-order chi connectivity index (χ0) is 13.1. The standard InChI is InChI=1S/C15H18ClNO/c1-4-17-15(14-8-5-11(3)18-14)13-7-6-12(16)9-10(13)2/h5-9,15,17H,4H2,1-3H3. The molecular formula is C15H18ClNO. The maximum absolute atomic E-state index is 6.00. The number of hydrogen-bond acceptors (Lipinski definition) is 2. The molecule has 96 valence electrons. The smallest absolute Gasteiger partial charge is 0.125 e. The Kier molecular flexibility index (Phi) is 4.10. The number of furan rings is 1. The van der Waals surface area contributed by atoms with Crippen molar-refractivity contribution in [3.63, 3.8) is 0 Å². The predicted molar refractivity (Wildman–Crippen MR) is 75.2 cm³/mol. The summed E-state index contributed by atoms with van der Waals surface area (Å²) in [7, 11) is 0. The van der Waals surface area contributed by atoms with Gasteiger partial charge in [0.1, 0.15) is 11.5 Å². The first-order valence-electron chi connectivity index (χ1n) is 6.17. The molecule has 2 nitrogen and oxygen atoms in total. The van der Waals surface area contributed by atoms with E-state index in [1.165, 1.54) is 11.1 Å². The third kappa shape index (κ3) is 2.77. The summed E-state index contributed by atoms with van der Waals surface area (Å²) in [5.41, 5.74) is 2.37. The normalized spacial score (nSPS) is 12.7. The summed E-state index contributed by atoms with van der Waals surface area (Å²) < 4.78 is 5.74. The number of hydrogen-bond donors (Lipinski definition) is 1. The third-order valence-electron chi connectivity index (χ3n) is 3.00. The Morgan fingerprint density at radius 1 is 1.22 bits per heavy atom. The Balaban J connectivity index is 2.41. The SMILES string of the molecule is CCNC(c1ccc(C)o1)c1ccc(Cl)cc1C. The minimum atomic E-state index is 0.0842. The van der Waals surface area contributed by atoms with Gasteiger partial charge < -0.3 is 9.73 Å². The summed E-state index contributed by atoms with van der Waals surface area (Å²) in [5, 5.41) is 4.22. The summed E-state index contributed by atoms with van der Waals surface area (Å²) >= 11 is 6.00. The Hall–Kier alpha value is -1.25. The number of rotatable bonds is 4. The number of benzene rings is 1. The van der Waals surface area contributed by atoms with Crippen molar-refractivity contribution in [1.29, 1.82) is 0 Å². The van der Waals surface area contributed by atoms with E-state index >= 15 is 0 Å². The van der Waals surface area contributed by atoms with Gasteiger partial charge in [0.15, 0.2) is 0 Å². The fraction of sp³-hybridized carbons (Fsp3) is 0.333. The molecule has 0 saturated heterocycles. The van der Waals surface area contributed by atoms with E-state index in [1.54, 1.807) is 0 Å². The summed E-state index contributed by atoms with van der Waals surface area (Å²) in [4.78, 5) is 0. The number of nitrogens with one attached hydrogen (secondary N) is 1. The van der Waals surface area contributed by atoms with E-state index in [4.69, 9.17) is 16.0 Å². The Morgan fingerprint density at radius 3 is 2.56 bits per heavy atom. The van der Waals surface area contributed by atoms with Gasteiger partial charge in [0.05, 0.1) is 6.04 Å². The topological polar surface area (TPSA) is 25.2 Å². The Morgan fingerprint density at radius 2 is 2.00 bits per heavy atom. The van der Waals surface area contributed by atoms with E-state index in [0.717, 1.165) is 23.1 Å². The lowest BCUT2D eigenvalue weighted by molar-refractivity contribution is 0.434. The molecule has 0 radical (unpaired) electrons. The molecule has 0 aliphatic rings. The van der Waals surface area contributed by atoms with Crippen molar-refractivity contribution in [3.05, 3.63) is 58.0 Å². The second-order valence-corrected chi connectivity index (χ2v) is 4.88. The van der Waals surface area contributed by atoms with Crippen LogP contribution in [0.15, 0.2) is 34.7 Å². The zero-order valence-electron chi connectivity index (χ0n) is 11.0. The monoisotopic (exact) mass is 263 g/mol. The molecule has 0 aliphatic heterocycles. The fourth-order valence-corrected chi connectivity index (χ4v) is 2.37. The van der Waals surface area contributed by atoms with Gasteiger partial charge in [0.25, 0.3) is 0 Å². The summed E-state index contributed by atoms with van der Waals surface area (Å²) in [6, 6.07) is 10.1. The number of halogens is 1. The first kappa shape index (κ1) is 13.2. The van der Waals surface area contributed by atoms with Crippen molar-refractivity contribution in [1.82, 2.24) is 5.32 Å². The highest BCUT2D eigenvalue weighted by atomic mass is 35.5. The quantitative estimate of drug-likeness (QED) is 0.892. The Labute approximate surface area is 113 Å². The molecule has 0 bridgehead atoms. The maximum atomic E-state index is 6.00. The van der Waals surface area contributed by atoms with Gasteiger partial charge in [-0.15, -0.1) is 0 Å². The maximum Gasteiger partial charge on any atom is 0.125 e. The van der Waals surface area contributed by atoms with Crippen LogP contribution < -0.4 is 5.32 Å². The number of aryl methyl sites for hydroxylation is 2. The van der Waals surface area contributed by atoms with Crippen LogP contribution in [-0.4, -0.2) is 6.54 Å². The van der Waals surface area contributed by atoms with Gasteiger partial charge >= 0.3 is 0 Å². The van der Waals surface area contributed by atoms with Crippen LogP contribution in [0.3, 0.4) is 0 Å². The minimum absolute atomic E-state index is 0.0842. The van der Waals surface area contributed by atoms with Crippen molar-refractivity contribution in [2.75, 3.05) is 6.54 Å². The van der Waals surface area contributed by atoms with E-state index in [-0.39, 0.29) is 6.04 Å². The van der Waals surface area contributed by atoms with E-state index in [9.17, 15) is 0 Å². The average Bonchev–Trinajstić information content (AvgIpc) is 2.73. The predicted octanol–water partition coefficient (Wildman–Crippen LogP) is 4.25. The molecule has 0 spiro atoms. The van der Waals surface area contributed by atoms with Crippen LogP contribution in [0.4, 0.5) is 0 Å². The van der Waals surface area contributed by atoms with Gasteiger partial charge in [0, 0.05) is 5.02 Å². The highest BCUT2D eigenvalue weighted by Gasteiger charge is 2.18. The molecule has 1 aromatic carbocycles. The van der Waals surface area contributed by atoms with Crippen molar-refractivity contribution in [2.45, 2.75) is 26.8 Å². The lowest BCUT2D eigenvalue weighted by atomic mass is 9.99. The van der Waals surface area contributed by atoms with Gasteiger partial charge in [-0.05, 0) is 55.8 Å². The minimum Gasteiger partial charge on any atom is -0.464 e. The lowest BCUT2D eigenvalue weighted by Gasteiger charge is -2.18. The molecular weight excluding hydrogens is 246 g/mol. The highest BCUT2D eigenvalue weighted by Crippen LogP contribution is 2.28. The molecule has 1 aromatic heterocycles. The van der Waals surface area contributed by atoms with Gasteiger partial charge in [-0.1, -0.05) is 24.6 Å². The average molecular weight is 264 g/mol. The molecule has 1 N–H and O–H groups in total. The Bertz CT molecular complexity index is 533. The second kappa shape index (κ2) is 5.59. The molecule has 3 heteroatoms. The van der Waals surface area contributed by atoms with Crippen molar-refractivity contribution < 1.29 is 4.42 Å². The molecule has 0 aliphatic carbocycles. The largest absolute Gasteiger partial charge is 0.464 e.